The summed E-state index contributed by atoms with van der Waals surface area (Å²) in [4.78, 5) is 0. The molecule has 0 aliphatic rings. The fourth-order valence-corrected chi connectivity index (χ4v) is 2.42. The van der Waals surface area contributed by atoms with Crippen LogP contribution in [0, 0.1) is 6.92 Å². The third-order valence-corrected chi connectivity index (χ3v) is 3.11. The molecule has 0 aliphatic carbocycles. The van der Waals surface area contributed by atoms with Gasteiger partial charge in [0.2, 0.25) is 15.6 Å². The van der Waals surface area contributed by atoms with Gasteiger partial charge in [-0.2, -0.15) is 4.57 Å². The van der Waals surface area contributed by atoms with E-state index in [1.54, 1.807) is 18.2 Å². The quantitative estimate of drug-likeness (QED) is 0.515. The molecule has 0 unspecified atom stereocenters. The summed E-state index contributed by atoms with van der Waals surface area (Å²) in [5.74, 6) is 0.805. The molecule has 0 saturated carbocycles. The van der Waals surface area contributed by atoms with Crippen molar-refractivity contribution in [2.45, 2.75) is 20.4 Å². The molecular formula is C11H15IN2O3S. The molecule has 1 aromatic carbocycles. The van der Waals surface area contributed by atoms with E-state index in [4.69, 9.17) is 4.42 Å². The maximum absolute atomic E-state index is 11.2. The molecule has 1 heterocycles. The second kappa shape index (κ2) is 5.43. The zero-order valence-electron chi connectivity index (χ0n) is 10.4. The van der Waals surface area contributed by atoms with Crippen LogP contribution in [-0.4, -0.2) is 14.7 Å². The summed E-state index contributed by atoms with van der Waals surface area (Å²) in [6, 6.07) is 5.23. The van der Waals surface area contributed by atoms with Gasteiger partial charge in [0.15, 0.2) is 0 Å². The minimum absolute atomic E-state index is 0. The summed E-state index contributed by atoms with van der Waals surface area (Å²) in [6.07, 6.45) is 1.13. The Kier molecular flexibility index (Phi) is 4.60. The van der Waals surface area contributed by atoms with Crippen LogP contribution in [0.4, 0.5) is 5.69 Å². The second-order valence-corrected chi connectivity index (χ2v) is 5.67. The van der Waals surface area contributed by atoms with E-state index < -0.39 is 10.0 Å². The van der Waals surface area contributed by atoms with Gasteiger partial charge in [0.25, 0.3) is 5.52 Å². The molecule has 0 spiro atoms. The highest BCUT2D eigenvalue weighted by Crippen LogP contribution is 2.19. The van der Waals surface area contributed by atoms with E-state index in [9.17, 15) is 8.42 Å². The zero-order valence-corrected chi connectivity index (χ0v) is 13.4. The number of hydrogen-bond acceptors (Lipinski definition) is 3. The van der Waals surface area contributed by atoms with Crippen LogP contribution >= 0.6 is 0 Å². The Morgan fingerprint density at radius 1 is 1.39 bits per heavy atom. The highest BCUT2D eigenvalue weighted by atomic mass is 127. The molecule has 1 N–H and O–H groups in total. The van der Waals surface area contributed by atoms with Crippen LogP contribution in [0.1, 0.15) is 12.8 Å². The van der Waals surface area contributed by atoms with Crippen LogP contribution in [0.5, 0.6) is 0 Å². The number of hydrogen-bond donors (Lipinski definition) is 1. The molecule has 2 rings (SSSR count). The lowest BCUT2D eigenvalue weighted by atomic mass is 10.3. The Labute approximate surface area is 123 Å². The summed E-state index contributed by atoms with van der Waals surface area (Å²) in [7, 11) is -3.25. The Balaban J connectivity index is 0.00000162. The molecule has 5 nitrogen and oxygen atoms in total. The topological polar surface area (TPSA) is 63.2 Å². The number of fused-ring (bicyclic) bond motifs is 1. The first-order valence-corrected chi connectivity index (χ1v) is 7.20. The first-order valence-electron chi connectivity index (χ1n) is 5.31. The molecule has 0 radical (unpaired) electrons. The minimum Gasteiger partial charge on any atom is -1.00 e. The summed E-state index contributed by atoms with van der Waals surface area (Å²) in [6.45, 7) is 4.67. The van der Waals surface area contributed by atoms with Crippen molar-refractivity contribution >= 4 is 26.8 Å². The highest BCUT2D eigenvalue weighted by molar-refractivity contribution is 7.92. The maximum Gasteiger partial charge on any atom is 0.344 e. The third kappa shape index (κ3) is 3.14. The Hall–Kier alpha value is -0.830. The standard InChI is InChI=1S/C11H15N2O3S.HI/c1-4-13-8(2)16-11-6-5-9(7-10(11)13)12-17(3,14)15;/h5-7,12H,4H2,1-3H3;1H/q+1;/p-1. The summed E-state index contributed by atoms with van der Waals surface area (Å²) < 4.78 is 32.3. The van der Waals surface area contributed by atoms with Gasteiger partial charge < -0.3 is 28.4 Å². The molecule has 2 aromatic rings. The van der Waals surface area contributed by atoms with Crippen molar-refractivity contribution in [1.82, 2.24) is 0 Å². The van der Waals surface area contributed by atoms with Crippen molar-refractivity contribution in [1.29, 1.82) is 0 Å². The van der Waals surface area contributed by atoms with Crippen molar-refractivity contribution < 1.29 is 41.4 Å². The summed E-state index contributed by atoms with van der Waals surface area (Å²) >= 11 is 0. The first-order chi connectivity index (χ1) is 7.90. The van der Waals surface area contributed by atoms with Crippen molar-refractivity contribution in [3.8, 4) is 0 Å². The third-order valence-electron chi connectivity index (χ3n) is 2.51. The van der Waals surface area contributed by atoms with E-state index in [2.05, 4.69) is 4.72 Å². The molecule has 0 amide bonds. The van der Waals surface area contributed by atoms with Gasteiger partial charge in [0, 0.05) is 6.07 Å². The van der Waals surface area contributed by atoms with E-state index in [-0.39, 0.29) is 24.0 Å². The van der Waals surface area contributed by atoms with E-state index >= 15 is 0 Å². The van der Waals surface area contributed by atoms with Gasteiger partial charge >= 0.3 is 5.89 Å². The fraction of sp³-hybridized carbons (Fsp3) is 0.364. The molecule has 100 valence electrons. The molecule has 1 aromatic heterocycles. The predicted octanol–water partition coefficient (Wildman–Crippen LogP) is -1.58. The van der Waals surface area contributed by atoms with E-state index in [0.717, 1.165) is 29.8 Å². The Morgan fingerprint density at radius 3 is 2.61 bits per heavy atom. The van der Waals surface area contributed by atoms with Gasteiger partial charge in [-0.1, -0.05) is 0 Å². The van der Waals surface area contributed by atoms with Crippen LogP contribution < -0.4 is 33.3 Å². The molecule has 7 heteroatoms. The monoisotopic (exact) mass is 382 g/mol. The van der Waals surface area contributed by atoms with Crippen molar-refractivity contribution in [3.05, 3.63) is 24.1 Å². The van der Waals surface area contributed by atoms with Crippen molar-refractivity contribution in [3.63, 3.8) is 0 Å². The molecule has 0 aliphatic heterocycles. The van der Waals surface area contributed by atoms with Crippen LogP contribution in [0.2, 0.25) is 0 Å². The fourth-order valence-electron chi connectivity index (χ4n) is 1.87. The smallest absolute Gasteiger partial charge is 0.344 e. The number of benzene rings is 1. The molecule has 0 bridgehead atoms. The predicted molar refractivity (Wildman–Crippen MR) is 65.3 cm³/mol. The van der Waals surface area contributed by atoms with Gasteiger partial charge in [-0.05, 0) is 19.1 Å². The normalized spacial score (nSPS) is 11.3. The molecule has 0 fully saturated rings. The lowest BCUT2D eigenvalue weighted by Gasteiger charge is -2.01. The van der Waals surface area contributed by atoms with E-state index in [1.165, 1.54) is 0 Å². The van der Waals surface area contributed by atoms with Gasteiger partial charge in [-0.25, -0.2) is 8.42 Å². The molecule has 0 atom stereocenters. The van der Waals surface area contributed by atoms with Crippen molar-refractivity contribution in [2.75, 3.05) is 11.0 Å². The average Bonchev–Trinajstić information content (AvgIpc) is 2.50. The molecular weight excluding hydrogens is 367 g/mol. The van der Waals surface area contributed by atoms with Gasteiger partial charge in [0.1, 0.15) is 6.54 Å². The summed E-state index contributed by atoms with van der Waals surface area (Å²) in [5, 5.41) is 0. The number of anilines is 1. The second-order valence-electron chi connectivity index (χ2n) is 3.92. The van der Waals surface area contributed by atoms with Gasteiger partial charge in [-0.15, -0.1) is 0 Å². The number of aryl methyl sites for hydroxylation is 2. The number of rotatable bonds is 3. The van der Waals surface area contributed by atoms with E-state index in [0.29, 0.717) is 5.69 Å². The number of halogens is 1. The Morgan fingerprint density at radius 2 is 2.06 bits per heavy atom. The number of nitrogens with zero attached hydrogens (tertiary/aromatic N) is 1. The molecule has 18 heavy (non-hydrogen) atoms. The zero-order chi connectivity index (χ0) is 12.6. The summed E-state index contributed by atoms with van der Waals surface area (Å²) in [5.41, 5.74) is 2.19. The number of sulfonamides is 1. The number of oxazole rings is 1. The van der Waals surface area contributed by atoms with E-state index in [1.807, 2.05) is 18.4 Å². The lowest BCUT2D eigenvalue weighted by Crippen LogP contribution is -3.00. The van der Waals surface area contributed by atoms with Crippen LogP contribution in [0.25, 0.3) is 11.1 Å². The number of aromatic nitrogens is 1. The SMILES string of the molecule is CC[n+]1c(C)oc2ccc(NS(C)(=O)=O)cc21.[I-]. The number of nitrogens with one attached hydrogen (secondary N) is 1. The lowest BCUT2D eigenvalue weighted by molar-refractivity contribution is -0.679. The molecule has 0 saturated heterocycles. The highest BCUT2D eigenvalue weighted by Gasteiger charge is 2.18. The van der Waals surface area contributed by atoms with Crippen LogP contribution in [0.15, 0.2) is 22.6 Å². The van der Waals surface area contributed by atoms with Crippen LogP contribution in [0.3, 0.4) is 0 Å². The minimum atomic E-state index is -3.25. The first kappa shape index (κ1) is 15.2. The maximum atomic E-state index is 11.2. The van der Waals surface area contributed by atoms with Gasteiger partial charge in [0.05, 0.1) is 18.9 Å². The van der Waals surface area contributed by atoms with Gasteiger partial charge in [-0.3, -0.25) is 4.72 Å². The largest absolute Gasteiger partial charge is 1.00 e. The van der Waals surface area contributed by atoms with Crippen LogP contribution in [-0.2, 0) is 16.6 Å². The average molecular weight is 382 g/mol. The van der Waals surface area contributed by atoms with Crippen molar-refractivity contribution in [2.24, 2.45) is 0 Å². The Bertz CT molecular complexity index is 664.